The summed E-state index contributed by atoms with van der Waals surface area (Å²) in [5.41, 5.74) is 1.37. The number of hydrogen-bond donors (Lipinski definition) is 1. The van der Waals surface area contributed by atoms with Crippen LogP contribution >= 0.6 is 11.3 Å². The van der Waals surface area contributed by atoms with Crippen LogP contribution in [0.5, 0.6) is 0 Å². The largest absolute Gasteiger partial charge is 0.380 e. The zero-order valence-corrected chi connectivity index (χ0v) is 12.5. The maximum atomic E-state index is 5.53. The second-order valence-electron chi connectivity index (χ2n) is 5.31. The first kappa shape index (κ1) is 13.3. The third-order valence-electron chi connectivity index (χ3n) is 3.71. The smallest absolute Gasteiger partial charge is 0.185 e. The van der Waals surface area contributed by atoms with Crippen molar-refractivity contribution >= 4 is 16.5 Å². The molecule has 3 rings (SSSR count). The van der Waals surface area contributed by atoms with Crippen LogP contribution in [0.4, 0.5) is 5.13 Å². The molecule has 0 radical (unpaired) electrons. The Kier molecular flexibility index (Phi) is 4.35. The van der Waals surface area contributed by atoms with Gasteiger partial charge in [-0.2, -0.15) is 0 Å². The summed E-state index contributed by atoms with van der Waals surface area (Å²) in [6.07, 6.45) is 3.76. The number of aromatic nitrogens is 1. The lowest BCUT2D eigenvalue weighted by Crippen LogP contribution is -2.25. The molecule has 0 aromatic carbocycles. The fraction of sp³-hybridized carbons (Fsp3) is 0.786. The molecule has 0 unspecified atom stereocenters. The Morgan fingerprint density at radius 2 is 2.26 bits per heavy atom. The van der Waals surface area contributed by atoms with Crippen molar-refractivity contribution in [3.63, 3.8) is 0 Å². The summed E-state index contributed by atoms with van der Waals surface area (Å²) in [6, 6.07) is 0. The molecule has 2 aliphatic rings. The molecule has 1 N–H and O–H groups in total. The Morgan fingerprint density at radius 1 is 1.37 bits per heavy atom. The molecule has 1 aliphatic heterocycles. The molecule has 1 aromatic rings. The molecule has 2 fully saturated rings. The van der Waals surface area contributed by atoms with Gasteiger partial charge in [-0.25, -0.2) is 4.98 Å². The second kappa shape index (κ2) is 6.20. The van der Waals surface area contributed by atoms with E-state index >= 15 is 0 Å². The van der Waals surface area contributed by atoms with E-state index in [4.69, 9.17) is 9.72 Å². The Hall–Kier alpha value is -0.650. The Morgan fingerprint density at radius 3 is 3.05 bits per heavy atom. The third kappa shape index (κ3) is 3.27. The molecule has 4 nitrogen and oxygen atoms in total. The van der Waals surface area contributed by atoms with Crippen LogP contribution in [-0.4, -0.2) is 37.8 Å². The van der Waals surface area contributed by atoms with E-state index in [0.29, 0.717) is 0 Å². The predicted molar refractivity (Wildman–Crippen MR) is 79.1 cm³/mol. The molecule has 0 spiro atoms. The Balaban J connectivity index is 1.76. The first-order valence-electron chi connectivity index (χ1n) is 7.41. The van der Waals surface area contributed by atoms with Crippen LogP contribution in [0.1, 0.15) is 42.7 Å². The zero-order valence-electron chi connectivity index (χ0n) is 11.7. The summed E-state index contributed by atoms with van der Waals surface area (Å²) in [4.78, 5) is 8.79. The van der Waals surface area contributed by atoms with Gasteiger partial charge in [-0.05, 0) is 25.8 Å². The van der Waals surface area contributed by atoms with E-state index in [1.54, 1.807) is 0 Å². The summed E-state index contributed by atoms with van der Waals surface area (Å²) in [5.74, 6) is 0.738. The van der Waals surface area contributed by atoms with Crippen LogP contribution in [0.2, 0.25) is 0 Å². The van der Waals surface area contributed by atoms with Crippen molar-refractivity contribution in [1.29, 1.82) is 0 Å². The van der Waals surface area contributed by atoms with Gasteiger partial charge in [0.2, 0.25) is 0 Å². The number of anilines is 1. The van der Waals surface area contributed by atoms with Gasteiger partial charge in [0.25, 0.3) is 0 Å². The first-order chi connectivity index (χ1) is 9.38. The highest BCUT2D eigenvalue weighted by molar-refractivity contribution is 7.15. The van der Waals surface area contributed by atoms with Crippen LogP contribution in [0, 0.1) is 0 Å². The lowest BCUT2D eigenvalue weighted by molar-refractivity contribution is 0.152. The van der Waals surface area contributed by atoms with E-state index in [2.05, 4.69) is 17.1 Å². The molecule has 19 heavy (non-hydrogen) atoms. The monoisotopic (exact) mass is 281 g/mol. The molecular formula is C14H23N3OS. The van der Waals surface area contributed by atoms with E-state index in [0.717, 1.165) is 51.7 Å². The van der Waals surface area contributed by atoms with Crippen molar-refractivity contribution in [2.75, 3.05) is 37.7 Å². The Labute approximate surface area is 119 Å². The van der Waals surface area contributed by atoms with E-state index < -0.39 is 0 Å². The molecule has 1 saturated heterocycles. The number of rotatable bonds is 5. The highest BCUT2D eigenvalue weighted by Crippen LogP contribution is 2.44. The average Bonchev–Trinajstić information content (AvgIpc) is 3.22. The van der Waals surface area contributed by atoms with Crippen LogP contribution in [0.25, 0.3) is 0 Å². The maximum Gasteiger partial charge on any atom is 0.185 e. The molecule has 1 saturated carbocycles. The fourth-order valence-corrected chi connectivity index (χ4v) is 3.63. The standard InChI is InChI=1S/C14H23N3OS/c1-2-15-10-12-13(11-4-5-11)16-14(19-12)17-6-3-8-18-9-7-17/h11,15H,2-10H2,1H3. The SMILES string of the molecule is CCNCc1sc(N2CCCOCC2)nc1C1CC1. The summed E-state index contributed by atoms with van der Waals surface area (Å²) >= 11 is 1.88. The van der Waals surface area contributed by atoms with Gasteiger partial charge in [0, 0.05) is 37.0 Å². The highest BCUT2D eigenvalue weighted by Gasteiger charge is 2.30. The van der Waals surface area contributed by atoms with Crippen LogP contribution < -0.4 is 10.2 Å². The third-order valence-corrected chi connectivity index (χ3v) is 4.84. The summed E-state index contributed by atoms with van der Waals surface area (Å²) < 4.78 is 5.53. The number of ether oxygens (including phenoxy) is 1. The van der Waals surface area contributed by atoms with Crippen molar-refractivity contribution in [1.82, 2.24) is 10.3 Å². The molecule has 0 atom stereocenters. The predicted octanol–water partition coefficient (Wildman–Crippen LogP) is 2.36. The molecule has 106 valence electrons. The van der Waals surface area contributed by atoms with Gasteiger partial charge in [0.1, 0.15) is 0 Å². The number of nitrogens with one attached hydrogen (secondary N) is 1. The average molecular weight is 281 g/mol. The quantitative estimate of drug-likeness (QED) is 0.899. The minimum atomic E-state index is 0.738. The van der Waals surface area contributed by atoms with Crippen molar-refractivity contribution in [3.8, 4) is 0 Å². The number of hydrogen-bond acceptors (Lipinski definition) is 5. The van der Waals surface area contributed by atoms with Gasteiger partial charge < -0.3 is 15.0 Å². The number of thiazole rings is 1. The van der Waals surface area contributed by atoms with E-state index in [1.807, 2.05) is 11.3 Å². The van der Waals surface area contributed by atoms with Gasteiger partial charge in [-0.1, -0.05) is 6.92 Å². The summed E-state index contributed by atoms with van der Waals surface area (Å²) in [5, 5.41) is 4.65. The van der Waals surface area contributed by atoms with Crippen molar-refractivity contribution < 1.29 is 4.74 Å². The zero-order chi connectivity index (χ0) is 13.1. The van der Waals surface area contributed by atoms with E-state index in [1.165, 1.54) is 28.5 Å². The first-order valence-corrected chi connectivity index (χ1v) is 8.23. The minimum Gasteiger partial charge on any atom is -0.380 e. The van der Waals surface area contributed by atoms with Gasteiger partial charge in [-0.3, -0.25) is 0 Å². The maximum absolute atomic E-state index is 5.53. The van der Waals surface area contributed by atoms with Gasteiger partial charge in [0.05, 0.1) is 12.3 Å². The normalized spacial score (nSPS) is 20.6. The van der Waals surface area contributed by atoms with E-state index in [-0.39, 0.29) is 0 Å². The molecule has 0 bridgehead atoms. The van der Waals surface area contributed by atoms with Crippen LogP contribution in [-0.2, 0) is 11.3 Å². The molecule has 0 amide bonds. The molecular weight excluding hydrogens is 258 g/mol. The van der Waals surface area contributed by atoms with E-state index in [9.17, 15) is 0 Å². The van der Waals surface area contributed by atoms with Gasteiger partial charge in [-0.15, -0.1) is 11.3 Å². The summed E-state index contributed by atoms with van der Waals surface area (Å²) in [6.45, 7) is 7.95. The molecule has 1 aromatic heterocycles. The fourth-order valence-electron chi connectivity index (χ4n) is 2.46. The van der Waals surface area contributed by atoms with Crippen molar-refractivity contribution in [2.45, 2.75) is 38.6 Å². The highest BCUT2D eigenvalue weighted by atomic mass is 32.1. The topological polar surface area (TPSA) is 37.4 Å². The second-order valence-corrected chi connectivity index (χ2v) is 6.37. The van der Waals surface area contributed by atoms with Gasteiger partial charge in [0.15, 0.2) is 5.13 Å². The van der Waals surface area contributed by atoms with Crippen molar-refractivity contribution in [2.24, 2.45) is 0 Å². The number of nitrogens with zero attached hydrogens (tertiary/aromatic N) is 2. The Bertz CT molecular complexity index is 409. The molecule has 2 heterocycles. The minimum absolute atomic E-state index is 0.738. The van der Waals surface area contributed by atoms with Crippen molar-refractivity contribution in [3.05, 3.63) is 10.6 Å². The van der Waals surface area contributed by atoms with Crippen LogP contribution in [0.15, 0.2) is 0 Å². The molecule has 1 aliphatic carbocycles. The lowest BCUT2D eigenvalue weighted by Gasteiger charge is -2.17. The summed E-state index contributed by atoms with van der Waals surface area (Å²) in [7, 11) is 0. The van der Waals surface area contributed by atoms with Crippen LogP contribution in [0.3, 0.4) is 0 Å². The lowest BCUT2D eigenvalue weighted by atomic mass is 10.2. The van der Waals surface area contributed by atoms with Gasteiger partial charge >= 0.3 is 0 Å². The molecule has 5 heteroatoms.